The molecule has 0 unspecified atom stereocenters. The van der Waals surface area contributed by atoms with E-state index < -0.39 is 0 Å². The summed E-state index contributed by atoms with van der Waals surface area (Å²) < 4.78 is 14.7. The Morgan fingerprint density at radius 2 is 1.95 bits per heavy atom. The topological polar surface area (TPSA) is 97.6 Å². The van der Waals surface area contributed by atoms with Gasteiger partial charge >= 0.3 is 0 Å². The van der Waals surface area contributed by atoms with Gasteiger partial charge in [-0.25, -0.2) is 9.37 Å². The smallest absolute Gasteiger partial charge is 0.181 e. The molecule has 0 aliphatic carbocycles. The molecule has 0 saturated carbocycles. The molecular formula is C33H37FN8. The van der Waals surface area contributed by atoms with Crippen LogP contribution in [0.25, 0.3) is 50.0 Å². The largest absolute Gasteiger partial charge is 0.384 e. The third-order valence-electron chi connectivity index (χ3n) is 7.15. The van der Waals surface area contributed by atoms with Crippen LogP contribution in [0.5, 0.6) is 0 Å². The zero-order valence-corrected chi connectivity index (χ0v) is 24.6. The van der Waals surface area contributed by atoms with Gasteiger partial charge in [-0.15, -0.1) is 0 Å². The van der Waals surface area contributed by atoms with Gasteiger partial charge in [0.15, 0.2) is 5.65 Å². The number of benzene rings is 1. The van der Waals surface area contributed by atoms with Crippen molar-refractivity contribution < 1.29 is 4.39 Å². The van der Waals surface area contributed by atoms with Crippen molar-refractivity contribution in [2.45, 2.75) is 13.8 Å². The highest BCUT2D eigenvalue weighted by Gasteiger charge is 2.16. The van der Waals surface area contributed by atoms with Crippen LogP contribution in [0.3, 0.4) is 0 Å². The molecule has 4 aromatic heterocycles. The van der Waals surface area contributed by atoms with Gasteiger partial charge in [-0.3, -0.25) is 10.1 Å². The number of pyridine rings is 2. The molecule has 0 amide bonds. The fourth-order valence-corrected chi connectivity index (χ4v) is 4.93. The number of anilines is 1. The number of H-pyrrole nitrogens is 2. The van der Waals surface area contributed by atoms with E-state index >= 15 is 0 Å². The Labute approximate surface area is 245 Å². The normalized spacial score (nSPS) is 12.5. The maximum absolute atomic E-state index is 14.7. The van der Waals surface area contributed by atoms with E-state index in [1.54, 1.807) is 18.5 Å². The number of nitrogens with one attached hydrogen (secondary N) is 4. The van der Waals surface area contributed by atoms with Gasteiger partial charge < -0.3 is 20.5 Å². The van der Waals surface area contributed by atoms with E-state index in [1.165, 1.54) is 6.07 Å². The fourth-order valence-electron chi connectivity index (χ4n) is 4.93. The Balaban J connectivity index is 1.52. The van der Waals surface area contributed by atoms with E-state index in [2.05, 4.69) is 78.5 Å². The van der Waals surface area contributed by atoms with Crippen molar-refractivity contribution in [3.63, 3.8) is 0 Å². The highest BCUT2D eigenvalue weighted by Crippen LogP contribution is 2.35. The van der Waals surface area contributed by atoms with Crippen LogP contribution >= 0.6 is 0 Å². The first-order chi connectivity index (χ1) is 20.4. The lowest BCUT2D eigenvalue weighted by Crippen LogP contribution is -2.20. The Kier molecular flexibility index (Phi) is 8.90. The minimum Gasteiger partial charge on any atom is -0.384 e. The first-order valence-electron chi connectivity index (χ1n) is 14.1. The van der Waals surface area contributed by atoms with Gasteiger partial charge in [-0.1, -0.05) is 31.7 Å². The molecular weight excluding hydrogens is 527 g/mol. The van der Waals surface area contributed by atoms with Gasteiger partial charge in [0.1, 0.15) is 5.82 Å². The van der Waals surface area contributed by atoms with Crippen LogP contribution in [0.1, 0.15) is 19.4 Å². The monoisotopic (exact) mass is 564 g/mol. The van der Waals surface area contributed by atoms with E-state index in [1.807, 2.05) is 39.4 Å². The predicted octanol–water partition coefficient (Wildman–Crippen LogP) is 6.41. The van der Waals surface area contributed by atoms with Crippen LogP contribution in [0.4, 0.5) is 10.1 Å². The summed E-state index contributed by atoms with van der Waals surface area (Å²) in [5.41, 5.74) is 8.59. The molecule has 0 spiro atoms. The number of hydrogen-bond acceptors (Lipinski definition) is 6. The summed E-state index contributed by atoms with van der Waals surface area (Å²) in [5.74, 6) is -0.301. The molecule has 5 rings (SSSR count). The number of nitrogens with zero attached hydrogens (tertiary/aromatic N) is 4. The van der Waals surface area contributed by atoms with E-state index in [0.717, 1.165) is 80.8 Å². The molecule has 8 nitrogen and oxygen atoms in total. The molecule has 9 heteroatoms. The minimum absolute atomic E-state index is 0.301. The highest BCUT2D eigenvalue weighted by molar-refractivity contribution is 6.00. The fraction of sp³-hybridized carbons (Fsp3) is 0.242. The Hall–Kier alpha value is -4.60. The maximum Gasteiger partial charge on any atom is 0.181 e. The van der Waals surface area contributed by atoms with Crippen molar-refractivity contribution in [1.29, 1.82) is 0 Å². The number of aromatic nitrogens is 5. The van der Waals surface area contributed by atoms with Crippen LogP contribution in [0.15, 0.2) is 79.3 Å². The van der Waals surface area contributed by atoms with E-state index in [-0.39, 0.29) is 5.82 Å². The molecule has 42 heavy (non-hydrogen) atoms. The first kappa shape index (κ1) is 28.9. The molecule has 0 aliphatic heterocycles. The number of allylic oxidation sites excluding steroid dienone is 3. The molecule has 0 saturated heterocycles. The lowest BCUT2D eigenvalue weighted by atomic mass is 10.0. The number of likely N-dealkylation sites (N-methyl/N-ethyl adjacent to an activating group) is 2. The van der Waals surface area contributed by atoms with Crippen LogP contribution in [0.2, 0.25) is 0 Å². The second-order valence-corrected chi connectivity index (χ2v) is 10.4. The average molecular weight is 565 g/mol. The molecule has 0 atom stereocenters. The molecule has 0 aliphatic rings. The summed E-state index contributed by atoms with van der Waals surface area (Å²) in [7, 11) is 4.02. The zero-order valence-electron chi connectivity index (χ0n) is 24.6. The van der Waals surface area contributed by atoms with Crippen molar-refractivity contribution in [3.05, 3.63) is 90.7 Å². The van der Waals surface area contributed by atoms with Crippen molar-refractivity contribution >= 4 is 33.2 Å². The molecule has 216 valence electrons. The molecule has 5 aromatic rings. The number of hydrogen-bond donors (Lipinski definition) is 4. The van der Waals surface area contributed by atoms with Crippen molar-refractivity contribution in [2.75, 3.05) is 45.6 Å². The number of halogens is 1. The van der Waals surface area contributed by atoms with Gasteiger partial charge in [0.05, 0.1) is 23.1 Å². The van der Waals surface area contributed by atoms with E-state index in [9.17, 15) is 4.39 Å². The molecule has 1 aromatic carbocycles. The van der Waals surface area contributed by atoms with Crippen LogP contribution in [-0.4, -0.2) is 70.3 Å². The quantitative estimate of drug-likeness (QED) is 0.131. The number of aromatic amines is 2. The van der Waals surface area contributed by atoms with Crippen LogP contribution in [-0.2, 0) is 0 Å². The summed E-state index contributed by atoms with van der Waals surface area (Å²) in [6, 6.07) is 9.18. The SMILES string of the molecule is C=C/C(=C\C(=C/C)c1cnc2n[nH]c(-c3cc4c(-c5cc(F)cc(NCCN(C)C)c5)cncc4[nH]3)c2c1)CNCC. The first-order valence-corrected chi connectivity index (χ1v) is 14.1. The van der Waals surface area contributed by atoms with Gasteiger partial charge in [0, 0.05) is 59.6 Å². The molecule has 0 radical (unpaired) electrons. The summed E-state index contributed by atoms with van der Waals surface area (Å²) in [5, 5.41) is 16.1. The van der Waals surface area contributed by atoms with Crippen molar-refractivity contribution in [1.82, 2.24) is 35.4 Å². The standard InChI is InChI=1S/C33H37FN8/c1-6-21(17-35-8-3)11-22(7-2)24-14-28-32(40-41-33(28)38-18-24)30-16-27-29(19-36-20-31(27)39-30)23-12-25(34)15-26(13-23)37-9-10-42(4)5/h6-7,11-16,18-20,35,37,39H,1,8-10,17H2,2-5H3,(H,38,40,41)/b21-11+,22-7+. The Morgan fingerprint density at radius 3 is 2.71 bits per heavy atom. The van der Waals surface area contributed by atoms with Gasteiger partial charge in [-0.2, -0.15) is 5.10 Å². The molecule has 0 fully saturated rings. The summed E-state index contributed by atoms with van der Waals surface area (Å²) in [4.78, 5) is 14.6. The van der Waals surface area contributed by atoms with E-state index in [4.69, 9.17) is 0 Å². The number of fused-ring (bicyclic) bond motifs is 2. The van der Waals surface area contributed by atoms with Crippen LogP contribution < -0.4 is 10.6 Å². The van der Waals surface area contributed by atoms with Crippen molar-refractivity contribution in [2.24, 2.45) is 0 Å². The van der Waals surface area contributed by atoms with Crippen LogP contribution in [0, 0.1) is 5.82 Å². The van der Waals surface area contributed by atoms with Gasteiger partial charge in [0.25, 0.3) is 0 Å². The Bertz CT molecular complexity index is 1780. The third-order valence-corrected chi connectivity index (χ3v) is 7.15. The predicted molar refractivity (Wildman–Crippen MR) is 172 cm³/mol. The summed E-state index contributed by atoms with van der Waals surface area (Å²) >= 11 is 0. The molecule has 0 bridgehead atoms. The second-order valence-electron chi connectivity index (χ2n) is 10.4. The minimum atomic E-state index is -0.301. The van der Waals surface area contributed by atoms with Gasteiger partial charge in [0.2, 0.25) is 0 Å². The third kappa shape index (κ3) is 6.32. The highest BCUT2D eigenvalue weighted by atomic mass is 19.1. The lowest BCUT2D eigenvalue weighted by molar-refractivity contribution is 0.425. The maximum atomic E-state index is 14.7. The zero-order chi connectivity index (χ0) is 29.6. The van der Waals surface area contributed by atoms with E-state index in [0.29, 0.717) is 12.2 Å². The Morgan fingerprint density at radius 1 is 1.10 bits per heavy atom. The number of rotatable bonds is 12. The average Bonchev–Trinajstić information content (AvgIpc) is 3.60. The summed E-state index contributed by atoms with van der Waals surface area (Å²) in [6.07, 6.45) is 11.5. The summed E-state index contributed by atoms with van der Waals surface area (Å²) in [6.45, 7) is 11.3. The van der Waals surface area contributed by atoms with Gasteiger partial charge in [-0.05, 0) is 74.6 Å². The molecule has 4 N–H and O–H groups in total. The van der Waals surface area contributed by atoms with Crippen molar-refractivity contribution in [3.8, 4) is 22.5 Å². The lowest BCUT2D eigenvalue weighted by Gasteiger charge is -2.13. The second kappa shape index (κ2) is 12.9. The molecule has 4 heterocycles.